The van der Waals surface area contributed by atoms with E-state index in [1.807, 2.05) is 6.07 Å². The third-order valence-electron chi connectivity index (χ3n) is 4.49. The molecule has 0 bridgehead atoms. The Hall–Kier alpha value is -2.89. The van der Waals surface area contributed by atoms with Crippen molar-refractivity contribution < 1.29 is 9.59 Å². The number of hydrogen-bond acceptors (Lipinski definition) is 3. The molecule has 0 fully saturated rings. The Bertz CT molecular complexity index is 851. The first-order valence-electron chi connectivity index (χ1n) is 9.03. The van der Waals surface area contributed by atoms with Crippen LogP contribution >= 0.6 is 0 Å². The summed E-state index contributed by atoms with van der Waals surface area (Å²) in [6, 6.07) is 5.41. The Labute approximate surface area is 153 Å². The van der Waals surface area contributed by atoms with Crippen LogP contribution in [-0.4, -0.2) is 34.3 Å². The van der Waals surface area contributed by atoms with E-state index in [0.29, 0.717) is 18.6 Å². The molecule has 0 saturated heterocycles. The number of hydrogen-bond donors (Lipinski definition) is 2. The first-order valence-corrected chi connectivity index (χ1v) is 9.03. The Balaban J connectivity index is 1.74. The van der Waals surface area contributed by atoms with Gasteiger partial charge in [0.1, 0.15) is 0 Å². The van der Waals surface area contributed by atoms with Crippen molar-refractivity contribution in [1.82, 2.24) is 20.0 Å². The average Bonchev–Trinajstić information content (AvgIpc) is 3.07. The number of imidazole rings is 1. The molecular formula is C20H24N4O2. The Kier molecular flexibility index (Phi) is 5.84. The van der Waals surface area contributed by atoms with Crippen molar-refractivity contribution in [2.45, 2.75) is 32.1 Å². The smallest absolute Gasteiger partial charge is 0.287 e. The highest BCUT2D eigenvalue weighted by Crippen LogP contribution is 2.19. The molecule has 1 aliphatic carbocycles. The zero-order chi connectivity index (χ0) is 18.4. The predicted molar refractivity (Wildman–Crippen MR) is 101 cm³/mol. The van der Waals surface area contributed by atoms with Gasteiger partial charge in [-0.1, -0.05) is 23.8 Å². The minimum absolute atomic E-state index is 0.197. The van der Waals surface area contributed by atoms with Crippen molar-refractivity contribution in [3.63, 3.8) is 0 Å². The van der Waals surface area contributed by atoms with E-state index in [4.69, 9.17) is 0 Å². The zero-order valence-electron chi connectivity index (χ0n) is 14.8. The van der Waals surface area contributed by atoms with Gasteiger partial charge < -0.3 is 10.6 Å². The van der Waals surface area contributed by atoms with Crippen LogP contribution in [0.3, 0.4) is 0 Å². The predicted octanol–water partition coefficient (Wildman–Crippen LogP) is 2.87. The second kappa shape index (κ2) is 8.47. The number of carbonyl (C=O) groups excluding carboxylic acids is 2. The van der Waals surface area contributed by atoms with E-state index in [9.17, 15) is 9.59 Å². The third-order valence-corrected chi connectivity index (χ3v) is 4.49. The van der Waals surface area contributed by atoms with Gasteiger partial charge in [-0.05, 0) is 44.2 Å². The van der Waals surface area contributed by atoms with Gasteiger partial charge in [-0.2, -0.15) is 0 Å². The number of aromatic nitrogens is 2. The fourth-order valence-electron chi connectivity index (χ4n) is 3.16. The zero-order valence-corrected chi connectivity index (χ0v) is 14.8. The van der Waals surface area contributed by atoms with E-state index >= 15 is 0 Å². The summed E-state index contributed by atoms with van der Waals surface area (Å²) in [5, 5.41) is 5.63. The lowest BCUT2D eigenvalue weighted by Crippen LogP contribution is -2.27. The third kappa shape index (κ3) is 4.02. The van der Waals surface area contributed by atoms with Crippen LogP contribution in [0.1, 0.15) is 53.2 Å². The molecule has 0 atom stereocenters. The SMILES string of the molecule is C=CCNC(=O)c1nc(C(=O)NCCC2=CCCCC2)c2ccccn12. The second-order valence-electron chi connectivity index (χ2n) is 6.35. The number of carbonyl (C=O) groups is 2. The van der Waals surface area contributed by atoms with Gasteiger partial charge in [0, 0.05) is 19.3 Å². The molecule has 0 aromatic carbocycles. The lowest BCUT2D eigenvalue weighted by Gasteiger charge is -2.12. The van der Waals surface area contributed by atoms with Crippen LogP contribution in [0, 0.1) is 0 Å². The number of nitrogens with one attached hydrogen (secondary N) is 2. The fourth-order valence-corrected chi connectivity index (χ4v) is 3.16. The molecule has 0 aliphatic heterocycles. The molecule has 2 heterocycles. The van der Waals surface area contributed by atoms with Gasteiger partial charge in [0.05, 0.1) is 5.52 Å². The minimum atomic E-state index is -0.336. The number of amides is 2. The fraction of sp³-hybridized carbons (Fsp3) is 0.350. The molecule has 2 aromatic heterocycles. The van der Waals surface area contributed by atoms with E-state index in [0.717, 1.165) is 19.3 Å². The average molecular weight is 352 g/mol. The van der Waals surface area contributed by atoms with E-state index in [2.05, 4.69) is 28.3 Å². The van der Waals surface area contributed by atoms with E-state index in [1.54, 1.807) is 28.8 Å². The molecule has 3 rings (SSSR count). The minimum Gasteiger partial charge on any atom is -0.350 e. The van der Waals surface area contributed by atoms with Crippen LogP contribution < -0.4 is 10.6 Å². The summed E-state index contributed by atoms with van der Waals surface area (Å²) in [6.07, 6.45) is 11.2. The van der Waals surface area contributed by atoms with Crippen LogP contribution in [0.2, 0.25) is 0 Å². The summed E-state index contributed by atoms with van der Waals surface area (Å²) in [6.45, 7) is 4.51. The molecule has 6 nitrogen and oxygen atoms in total. The van der Waals surface area contributed by atoms with Crippen LogP contribution in [0.25, 0.3) is 5.52 Å². The number of fused-ring (bicyclic) bond motifs is 1. The number of rotatable bonds is 7. The summed E-state index contributed by atoms with van der Waals surface area (Å²) in [5.41, 5.74) is 2.30. The number of pyridine rings is 1. The maximum absolute atomic E-state index is 12.6. The highest BCUT2D eigenvalue weighted by molar-refractivity contribution is 6.02. The molecule has 0 spiro atoms. The van der Waals surface area contributed by atoms with E-state index in [-0.39, 0.29) is 23.3 Å². The van der Waals surface area contributed by atoms with Crippen molar-refractivity contribution in [2.24, 2.45) is 0 Å². The number of nitrogens with zero attached hydrogens (tertiary/aromatic N) is 2. The molecule has 0 saturated carbocycles. The van der Waals surface area contributed by atoms with E-state index in [1.165, 1.54) is 18.4 Å². The molecule has 1 aliphatic rings. The van der Waals surface area contributed by atoms with Crippen molar-refractivity contribution in [3.05, 3.63) is 60.2 Å². The molecule has 6 heteroatoms. The molecule has 26 heavy (non-hydrogen) atoms. The molecule has 2 N–H and O–H groups in total. The summed E-state index contributed by atoms with van der Waals surface area (Å²) < 4.78 is 1.64. The second-order valence-corrected chi connectivity index (χ2v) is 6.35. The molecule has 136 valence electrons. The van der Waals surface area contributed by atoms with Crippen LogP contribution in [0.4, 0.5) is 0 Å². The van der Waals surface area contributed by atoms with Crippen molar-refractivity contribution in [2.75, 3.05) is 13.1 Å². The van der Waals surface area contributed by atoms with Gasteiger partial charge in [0.25, 0.3) is 11.8 Å². The quantitative estimate of drug-likeness (QED) is 0.753. The van der Waals surface area contributed by atoms with Gasteiger partial charge >= 0.3 is 0 Å². The maximum Gasteiger partial charge on any atom is 0.287 e. The summed E-state index contributed by atoms with van der Waals surface area (Å²) in [4.78, 5) is 29.2. The molecule has 0 unspecified atom stereocenters. The monoisotopic (exact) mass is 352 g/mol. The highest BCUT2D eigenvalue weighted by Gasteiger charge is 2.20. The Morgan fingerprint density at radius 3 is 2.88 bits per heavy atom. The van der Waals surface area contributed by atoms with Crippen LogP contribution in [0.15, 0.2) is 48.7 Å². The lowest BCUT2D eigenvalue weighted by molar-refractivity contribution is 0.0947. The first kappa shape index (κ1) is 17.9. The van der Waals surface area contributed by atoms with Gasteiger partial charge in [-0.3, -0.25) is 14.0 Å². The molecule has 2 aromatic rings. The Morgan fingerprint density at radius 1 is 1.23 bits per heavy atom. The van der Waals surface area contributed by atoms with Crippen LogP contribution in [-0.2, 0) is 0 Å². The normalized spacial score (nSPS) is 13.9. The standard InChI is InChI=1S/C20H24N4O2/c1-2-12-21-20(26)18-23-17(16-10-6-7-14-24(16)18)19(25)22-13-11-15-8-4-3-5-9-15/h2,6-8,10,14H,1,3-5,9,11-13H2,(H,21,26)(H,22,25). The Morgan fingerprint density at radius 2 is 2.12 bits per heavy atom. The van der Waals surface area contributed by atoms with Gasteiger partial charge in [0.2, 0.25) is 5.82 Å². The summed E-state index contributed by atoms with van der Waals surface area (Å²) in [7, 11) is 0. The summed E-state index contributed by atoms with van der Waals surface area (Å²) >= 11 is 0. The largest absolute Gasteiger partial charge is 0.350 e. The molecule has 0 radical (unpaired) electrons. The first-order chi connectivity index (χ1) is 12.7. The maximum atomic E-state index is 12.6. The van der Waals surface area contributed by atoms with Gasteiger partial charge in [0.15, 0.2) is 5.69 Å². The molecule has 2 amide bonds. The summed E-state index contributed by atoms with van der Waals surface area (Å²) in [5.74, 6) is -0.395. The lowest BCUT2D eigenvalue weighted by atomic mass is 9.97. The van der Waals surface area contributed by atoms with Gasteiger partial charge in [-0.25, -0.2) is 4.98 Å². The highest BCUT2D eigenvalue weighted by atomic mass is 16.2. The van der Waals surface area contributed by atoms with E-state index < -0.39 is 0 Å². The van der Waals surface area contributed by atoms with Crippen molar-refractivity contribution in [1.29, 1.82) is 0 Å². The topological polar surface area (TPSA) is 75.5 Å². The van der Waals surface area contributed by atoms with Crippen molar-refractivity contribution in [3.8, 4) is 0 Å². The van der Waals surface area contributed by atoms with Crippen LogP contribution in [0.5, 0.6) is 0 Å². The number of allylic oxidation sites excluding steroid dienone is 1. The van der Waals surface area contributed by atoms with Gasteiger partial charge in [-0.15, -0.1) is 6.58 Å². The van der Waals surface area contributed by atoms with Crippen molar-refractivity contribution >= 4 is 17.3 Å². The molecular weight excluding hydrogens is 328 g/mol.